The van der Waals surface area contributed by atoms with Gasteiger partial charge >= 0.3 is 5.97 Å². The SMILES string of the molecule is COCCOCCN1/C(=C/C=C/C=C/C2=[N+](CCOCCC(=O)ON3C(=O)CCC3=O)c3ccc(S(=O)(=O)O)cc3C2(C)CCCS(=O)(=O)O)C(C)(CCCS(=O)(=O)O)c2cc(S(=O)(=O)O)ccc21. The summed E-state index contributed by atoms with van der Waals surface area (Å²) in [7, 11) is -16.7. The van der Waals surface area contributed by atoms with E-state index in [1.54, 1.807) is 48.8 Å². The number of rotatable bonds is 26. The largest absolute Gasteiger partial charge is 0.382 e. The van der Waals surface area contributed by atoms with Crippen LogP contribution in [-0.4, -0.2) is 150 Å². The molecule has 0 saturated carbocycles. The smallest absolute Gasteiger partial charge is 0.335 e. The predicted molar refractivity (Wildman–Crippen MR) is 247 cm³/mol. The number of benzene rings is 2. The zero-order chi connectivity index (χ0) is 51.0. The van der Waals surface area contributed by atoms with Crippen LogP contribution in [0.5, 0.6) is 0 Å². The van der Waals surface area contributed by atoms with Gasteiger partial charge in [-0.2, -0.15) is 38.2 Å². The van der Waals surface area contributed by atoms with Crippen molar-refractivity contribution in [2.45, 2.75) is 79.4 Å². The van der Waals surface area contributed by atoms with E-state index in [0.29, 0.717) is 45.6 Å². The van der Waals surface area contributed by atoms with Crippen LogP contribution < -0.4 is 4.90 Å². The van der Waals surface area contributed by atoms with Crippen molar-refractivity contribution >= 4 is 75.3 Å². The molecule has 4 N–H and O–H groups in total. The van der Waals surface area contributed by atoms with Crippen molar-refractivity contribution in [1.29, 1.82) is 0 Å². The molecule has 22 nitrogen and oxygen atoms in total. The number of nitrogens with zero attached hydrogens (tertiary/aromatic N) is 3. The number of carbonyl (C=O) groups is 3. The second-order valence-corrected chi connectivity index (χ2v) is 22.7. The Kier molecular flexibility index (Phi) is 18.0. The maximum Gasteiger partial charge on any atom is 0.335 e. The molecule has 0 aromatic heterocycles. The molecule has 2 amide bonds. The number of anilines is 1. The Bertz CT molecular complexity index is 2860. The Morgan fingerprint density at radius 2 is 1.30 bits per heavy atom. The average molecular weight is 1050 g/mol. The van der Waals surface area contributed by atoms with Gasteiger partial charge in [-0.15, -0.1) is 5.06 Å². The quantitative estimate of drug-likeness (QED) is 0.0345. The average Bonchev–Trinajstić information content (AvgIpc) is 3.77. The third-order valence-corrected chi connectivity index (χ3v) is 15.2. The summed E-state index contributed by atoms with van der Waals surface area (Å²) < 4.78 is 154. The number of hydrogen-bond donors (Lipinski definition) is 4. The highest BCUT2D eigenvalue weighted by Crippen LogP contribution is 2.51. The van der Waals surface area contributed by atoms with Gasteiger partial charge in [-0.3, -0.25) is 27.8 Å². The van der Waals surface area contributed by atoms with Crippen molar-refractivity contribution in [1.82, 2.24) is 5.06 Å². The highest BCUT2D eigenvalue weighted by Gasteiger charge is 2.48. The van der Waals surface area contributed by atoms with Crippen LogP contribution in [-0.2, 0) is 84.7 Å². The molecule has 0 bridgehead atoms. The van der Waals surface area contributed by atoms with E-state index < -0.39 is 85.5 Å². The fourth-order valence-corrected chi connectivity index (χ4v) is 10.6. The molecular weight excluding hydrogens is 991 g/mol. The van der Waals surface area contributed by atoms with Crippen molar-refractivity contribution in [3.8, 4) is 0 Å². The number of carbonyl (C=O) groups excluding carboxylic acids is 3. The van der Waals surface area contributed by atoms with Crippen LogP contribution in [0.3, 0.4) is 0 Å². The van der Waals surface area contributed by atoms with Crippen molar-refractivity contribution in [3.63, 3.8) is 0 Å². The third kappa shape index (κ3) is 14.2. The van der Waals surface area contributed by atoms with E-state index in [-0.39, 0.29) is 89.4 Å². The molecular formula is C43H56N3O19S4+. The van der Waals surface area contributed by atoms with Gasteiger partial charge in [0, 0.05) is 61.0 Å². The van der Waals surface area contributed by atoms with Gasteiger partial charge < -0.3 is 23.9 Å². The van der Waals surface area contributed by atoms with Crippen LogP contribution >= 0.6 is 0 Å². The molecule has 0 radical (unpaired) electrons. The summed E-state index contributed by atoms with van der Waals surface area (Å²) >= 11 is 0. The topological polar surface area (TPSA) is 315 Å². The molecule has 2 aromatic carbocycles. The Hall–Kier alpha value is -4.74. The van der Waals surface area contributed by atoms with Crippen molar-refractivity contribution in [2.75, 3.05) is 69.6 Å². The first kappa shape index (κ1) is 55.2. The van der Waals surface area contributed by atoms with Crippen LogP contribution in [0.15, 0.2) is 82.3 Å². The van der Waals surface area contributed by atoms with Gasteiger partial charge in [0.2, 0.25) is 5.69 Å². The molecule has 5 rings (SSSR count). The Morgan fingerprint density at radius 1 is 0.725 bits per heavy atom. The Labute approximate surface area is 401 Å². The van der Waals surface area contributed by atoms with Crippen LogP contribution in [0.2, 0.25) is 0 Å². The summed E-state index contributed by atoms with van der Waals surface area (Å²) in [5.41, 5.74) is 0.695. The lowest BCUT2D eigenvalue weighted by atomic mass is 9.76. The first-order valence-electron chi connectivity index (χ1n) is 21.5. The molecule has 69 heavy (non-hydrogen) atoms. The molecule has 3 aliphatic rings. The minimum absolute atomic E-state index is 0.0391. The van der Waals surface area contributed by atoms with Gasteiger partial charge in [0.1, 0.15) is 6.61 Å². The third-order valence-electron chi connectivity index (χ3n) is 11.9. The van der Waals surface area contributed by atoms with E-state index in [4.69, 9.17) is 19.0 Å². The lowest BCUT2D eigenvalue weighted by Crippen LogP contribution is -2.33. The van der Waals surface area contributed by atoms with Crippen molar-refractivity contribution in [3.05, 3.63) is 83.6 Å². The number of hydrogen-bond acceptors (Lipinski definition) is 16. The molecule has 3 aliphatic heterocycles. The second kappa shape index (κ2) is 22.6. The Morgan fingerprint density at radius 3 is 1.90 bits per heavy atom. The predicted octanol–water partition coefficient (Wildman–Crippen LogP) is 3.32. The Balaban J connectivity index is 1.53. The van der Waals surface area contributed by atoms with E-state index in [9.17, 15) is 66.3 Å². The zero-order valence-corrected chi connectivity index (χ0v) is 41.3. The maximum absolute atomic E-state index is 12.4. The minimum Gasteiger partial charge on any atom is -0.382 e. The fraction of sp³-hybridized carbons (Fsp3) is 0.488. The van der Waals surface area contributed by atoms with E-state index in [2.05, 4.69) is 0 Å². The molecule has 2 atom stereocenters. The molecule has 3 heterocycles. The van der Waals surface area contributed by atoms with Gasteiger partial charge in [0.05, 0.1) is 59.6 Å². The van der Waals surface area contributed by atoms with Crippen LogP contribution in [0, 0.1) is 0 Å². The van der Waals surface area contributed by atoms with Gasteiger partial charge in [0.15, 0.2) is 12.3 Å². The summed E-state index contributed by atoms with van der Waals surface area (Å²) in [4.78, 5) is 42.0. The molecule has 2 aromatic rings. The van der Waals surface area contributed by atoms with E-state index in [1.807, 2.05) is 4.90 Å². The molecule has 0 spiro atoms. The van der Waals surface area contributed by atoms with Gasteiger partial charge in [-0.1, -0.05) is 18.2 Å². The number of fused-ring (bicyclic) bond motifs is 2. The maximum atomic E-state index is 12.4. The number of imide groups is 1. The van der Waals surface area contributed by atoms with Gasteiger partial charge in [-0.25, -0.2) is 4.79 Å². The number of ether oxygens (including phenoxy) is 3. The highest BCUT2D eigenvalue weighted by molar-refractivity contribution is 7.86. The van der Waals surface area contributed by atoms with Crippen molar-refractivity contribution in [2.24, 2.45) is 0 Å². The standard InChI is InChI=1S/C43H55N3O19S4/c1-42(18-7-27-66(50,51)52)33-29-31(68(56,57)58)11-13-35(33)44(20-23-63-22-17-41(49)65-46-39(47)15-16-40(46)48)37(42)9-5-4-6-10-38-43(2,19-8-28-67(53,54)55)34-30-32(69(59,60)61)12-14-36(34)45(38)21-24-64-26-25-62-3/h4-6,9-14,29-30H,7-8,15-28H2,1-3H3,(H3-,50,51,52,53,54,55,56,57,58,59,60,61)/p+1. The summed E-state index contributed by atoms with van der Waals surface area (Å²) in [6, 6.07) is 8.00. The van der Waals surface area contributed by atoms with Gasteiger partial charge in [-0.05, 0) is 81.5 Å². The molecule has 2 unspecified atom stereocenters. The number of hydroxylamine groups is 2. The summed E-state index contributed by atoms with van der Waals surface area (Å²) in [6.07, 6.45) is 7.90. The first-order chi connectivity index (χ1) is 32.2. The number of methoxy groups -OCH3 is 1. The van der Waals surface area contributed by atoms with Gasteiger partial charge in [0.25, 0.3) is 52.3 Å². The van der Waals surface area contributed by atoms with E-state index in [0.717, 1.165) is 0 Å². The summed E-state index contributed by atoms with van der Waals surface area (Å²) in [6.45, 7) is 4.36. The minimum atomic E-state index is -4.72. The molecule has 0 aliphatic carbocycles. The lowest BCUT2D eigenvalue weighted by molar-refractivity contribution is -0.442. The van der Waals surface area contributed by atoms with Crippen LogP contribution in [0.25, 0.3) is 0 Å². The normalized spacial score (nSPS) is 20.6. The number of allylic oxidation sites excluding steroid dienone is 6. The zero-order valence-electron chi connectivity index (χ0n) is 38.1. The molecule has 380 valence electrons. The van der Waals surface area contributed by atoms with Crippen LogP contribution in [0.1, 0.15) is 69.9 Å². The molecule has 1 fully saturated rings. The summed E-state index contributed by atoms with van der Waals surface area (Å²) in [5.74, 6) is -3.38. The van der Waals surface area contributed by atoms with Crippen LogP contribution in [0.4, 0.5) is 11.4 Å². The fourth-order valence-electron chi connectivity index (χ4n) is 8.58. The van der Waals surface area contributed by atoms with E-state index in [1.165, 1.54) is 43.5 Å². The van der Waals surface area contributed by atoms with E-state index >= 15 is 0 Å². The molecule has 1 saturated heterocycles. The second-order valence-electron chi connectivity index (χ2n) is 16.7. The summed E-state index contributed by atoms with van der Waals surface area (Å²) in [5, 5.41) is 0.420. The monoisotopic (exact) mass is 1050 g/mol. The first-order valence-corrected chi connectivity index (χ1v) is 27.6. The lowest BCUT2D eigenvalue weighted by Gasteiger charge is -2.30. The highest BCUT2D eigenvalue weighted by atomic mass is 32.2. The van der Waals surface area contributed by atoms with Crippen molar-refractivity contribution < 1.29 is 89.9 Å². The number of amides is 2. The molecule has 26 heteroatoms.